The largest absolute Gasteiger partial charge is 0.349 e. The fourth-order valence-electron chi connectivity index (χ4n) is 2.05. The van der Waals surface area contributed by atoms with Gasteiger partial charge in [0.1, 0.15) is 0 Å². The van der Waals surface area contributed by atoms with Crippen LogP contribution in [0, 0.1) is 0 Å². The molecule has 4 heteroatoms. The van der Waals surface area contributed by atoms with E-state index in [2.05, 4.69) is 4.90 Å². The fourth-order valence-corrected chi connectivity index (χ4v) is 2.05. The van der Waals surface area contributed by atoms with Crippen LogP contribution < -0.4 is 5.73 Å². The highest BCUT2D eigenvalue weighted by molar-refractivity contribution is 5.75. The van der Waals surface area contributed by atoms with Gasteiger partial charge in [-0.3, -0.25) is 9.69 Å². The lowest BCUT2D eigenvalue weighted by molar-refractivity contribution is -0.128. The van der Waals surface area contributed by atoms with E-state index in [-0.39, 0.29) is 5.91 Å². The van der Waals surface area contributed by atoms with Gasteiger partial charge in [-0.2, -0.15) is 0 Å². The number of rotatable bonds is 7. The maximum atomic E-state index is 11.4. The molecule has 4 nitrogen and oxygen atoms in total. The molecule has 2 N–H and O–H groups in total. The molecule has 0 aliphatic heterocycles. The molecule has 0 heterocycles. The second-order valence-electron chi connectivity index (χ2n) is 4.80. The van der Waals surface area contributed by atoms with Crippen molar-refractivity contribution in [1.82, 2.24) is 9.80 Å². The van der Waals surface area contributed by atoms with Gasteiger partial charge in [0.05, 0.1) is 0 Å². The summed E-state index contributed by atoms with van der Waals surface area (Å²) in [6, 6.07) is 0.734. The van der Waals surface area contributed by atoms with Crippen LogP contribution in [0.4, 0.5) is 0 Å². The normalized spacial score (nSPS) is 16.2. The highest BCUT2D eigenvalue weighted by atomic mass is 16.2. The molecule has 0 aromatic rings. The average Bonchev–Trinajstić information content (AvgIpc) is 2.14. The SMILES string of the molecule is CN(C)C(=O)CCCN(CCN)C1CCC1. The van der Waals surface area contributed by atoms with Crippen LogP contribution in [0.3, 0.4) is 0 Å². The van der Waals surface area contributed by atoms with E-state index in [0.717, 1.165) is 32.1 Å². The molecular formula is C12H25N3O. The Kier molecular flexibility index (Phi) is 5.77. The molecule has 0 unspecified atom stereocenters. The zero-order chi connectivity index (χ0) is 12.0. The molecule has 0 spiro atoms. The lowest BCUT2D eigenvalue weighted by Gasteiger charge is -2.37. The maximum absolute atomic E-state index is 11.4. The third-order valence-electron chi connectivity index (χ3n) is 3.34. The Morgan fingerprint density at radius 1 is 1.31 bits per heavy atom. The third-order valence-corrected chi connectivity index (χ3v) is 3.34. The van der Waals surface area contributed by atoms with E-state index in [1.165, 1.54) is 19.3 Å². The molecule has 1 aliphatic rings. The minimum Gasteiger partial charge on any atom is -0.349 e. The number of hydrogen-bond donors (Lipinski definition) is 1. The van der Waals surface area contributed by atoms with Gasteiger partial charge < -0.3 is 10.6 Å². The minimum atomic E-state index is 0.223. The first-order chi connectivity index (χ1) is 7.65. The molecule has 1 aliphatic carbocycles. The molecule has 1 saturated carbocycles. The van der Waals surface area contributed by atoms with Crippen molar-refractivity contribution in [2.75, 3.05) is 33.7 Å². The second-order valence-corrected chi connectivity index (χ2v) is 4.80. The number of carbonyl (C=O) groups excluding carboxylic acids is 1. The van der Waals surface area contributed by atoms with E-state index in [0.29, 0.717) is 6.42 Å². The predicted octanol–water partition coefficient (Wildman–Crippen LogP) is 0.668. The summed E-state index contributed by atoms with van der Waals surface area (Å²) in [6.45, 7) is 2.71. The molecule has 0 aromatic heterocycles. The van der Waals surface area contributed by atoms with E-state index in [1.54, 1.807) is 4.90 Å². The molecule has 0 radical (unpaired) electrons. The Morgan fingerprint density at radius 3 is 2.44 bits per heavy atom. The van der Waals surface area contributed by atoms with Crippen LogP contribution in [-0.2, 0) is 4.79 Å². The number of nitrogens with zero attached hydrogens (tertiary/aromatic N) is 2. The van der Waals surface area contributed by atoms with Crippen LogP contribution in [-0.4, -0.2) is 55.5 Å². The van der Waals surface area contributed by atoms with Crippen molar-refractivity contribution in [2.45, 2.75) is 38.1 Å². The summed E-state index contributed by atoms with van der Waals surface area (Å²) < 4.78 is 0. The fraction of sp³-hybridized carbons (Fsp3) is 0.917. The monoisotopic (exact) mass is 227 g/mol. The predicted molar refractivity (Wildman–Crippen MR) is 66.2 cm³/mol. The van der Waals surface area contributed by atoms with Crippen LogP contribution in [0.15, 0.2) is 0 Å². The summed E-state index contributed by atoms with van der Waals surface area (Å²) in [4.78, 5) is 15.5. The van der Waals surface area contributed by atoms with Crippen molar-refractivity contribution in [3.05, 3.63) is 0 Å². The number of carbonyl (C=O) groups is 1. The smallest absolute Gasteiger partial charge is 0.222 e. The number of nitrogens with two attached hydrogens (primary N) is 1. The van der Waals surface area contributed by atoms with E-state index in [1.807, 2.05) is 14.1 Å². The topological polar surface area (TPSA) is 49.6 Å². The van der Waals surface area contributed by atoms with Gasteiger partial charge in [-0.15, -0.1) is 0 Å². The number of hydrogen-bond acceptors (Lipinski definition) is 3. The van der Waals surface area contributed by atoms with Gasteiger partial charge in [0, 0.05) is 39.6 Å². The molecule has 0 saturated heterocycles. The van der Waals surface area contributed by atoms with Gasteiger partial charge in [0.25, 0.3) is 0 Å². The maximum Gasteiger partial charge on any atom is 0.222 e. The highest BCUT2D eigenvalue weighted by Crippen LogP contribution is 2.24. The molecule has 94 valence electrons. The molecule has 1 rings (SSSR count). The van der Waals surface area contributed by atoms with Crippen molar-refractivity contribution < 1.29 is 4.79 Å². The zero-order valence-electron chi connectivity index (χ0n) is 10.6. The van der Waals surface area contributed by atoms with Crippen molar-refractivity contribution in [2.24, 2.45) is 5.73 Å². The summed E-state index contributed by atoms with van der Waals surface area (Å²) in [5.74, 6) is 0.223. The van der Waals surface area contributed by atoms with Crippen molar-refractivity contribution in [1.29, 1.82) is 0 Å². The summed E-state index contributed by atoms with van der Waals surface area (Å²) in [6.07, 6.45) is 5.57. The van der Waals surface area contributed by atoms with Crippen molar-refractivity contribution >= 4 is 5.91 Å². The minimum absolute atomic E-state index is 0.223. The Bertz CT molecular complexity index is 214. The molecule has 1 amide bonds. The quantitative estimate of drug-likeness (QED) is 0.695. The van der Waals surface area contributed by atoms with Crippen LogP contribution in [0.25, 0.3) is 0 Å². The first-order valence-corrected chi connectivity index (χ1v) is 6.29. The van der Waals surface area contributed by atoms with Gasteiger partial charge in [-0.05, 0) is 25.8 Å². The van der Waals surface area contributed by atoms with Crippen LogP contribution >= 0.6 is 0 Å². The Hall–Kier alpha value is -0.610. The zero-order valence-corrected chi connectivity index (χ0v) is 10.6. The van der Waals surface area contributed by atoms with Crippen molar-refractivity contribution in [3.8, 4) is 0 Å². The molecule has 1 fully saturated rings. The molecule has 0 atom stereocenters. The average molecular weight is 227 g/mol. The summed E-state index contributed by atoms with van der Waals surface area (Å²) in [5, 5.41) is 0. The second kappa shape index (κ2) is 6.86. The third kappa shape index (κ3) is 4.10. The molecule has 0 aromatic carbocycles. The standard InChI is InChI=1S/C12H25N3O/c1-14(2)12(16)7-4-9-15(10-8-13)11-5-3-6-11/h11H,3-10,13H2,1-2H3. The van der Waals surface area contributed by atoms with Crippen LogP contribution in [0.1, 0.15) is 32.1 Å². The lowest BCUT2D eigenvalue weighted by Crippen LogP contribution is -2.43. The van der Waals surface area contributed by atoms with Crippen LogP contribution in [0.5, 0.6) is 0 Å². The van der Waals surface area contributed by atoms with Gasteiger partial charge >= 0.3 is 0 Å². The Labute approximate surface area is 98.8 Å². The number of amides is 1. The Balaban J connectivity index is 2.19. The summed E-state index contributed by atoms with van der Waals surface area (Å²) >= 11 is 0. The highest BCUT2D eigenvalue weighted by Gasteiger charge is 2.23. The van der Waals surface area contributed by atoms with Crippen LogP contribution in [0.2, 0.25) is 0 Å². The Morgan fingerprint density at radius 2 is 2.00 bits per heavy atom. The molecule has 0 bridgehead atoms. The first kappa shape index (κ1) is 13.5. The van der Waals surface area contributed by atoms with Gasteiger partial charge in [0.15, 0.2) is 0 Å². The van der Waals surface area contributed by atoms with Crippen molar-refractivity contribution in [3.63, 3.8) is 0 Å². The van der Waals surface area contributed by atoms with Gasteiger partial charge in [-0.25, -0.2) is 0 Å². The molecular weight excluding hydrogens is 202 g/mol. The van der Waals surface area contributed by atoms with E-state index in [9.17, 15) is 4.79 Å². The van der Waals surface area contributed by atoms with Gasteiger partial charge in [0.2, 0.25) is 5.91 Å². The van der Waals surface area contributed by atoms with E-state index < -0.39 is 0 Å². The molecule has 16 heavy (non-hydrogen) atoms. The van der Waals surface area contributed by atoms with E-state index >= 15 is 0 Å². The van der Waals surface area contributed by atoms with Gasteiger partial charge in [-0.1, -0.05) is 6.42 Å². The summed E-state index contributed by atoms with van der Waals surface area (Å²) in [7, 11) is 3.62. The summed E-state index contributed by atoms with van der Waals surface area (Å²) in [5.41, 5.74) is 5.61. The lowest BCUT2D eigenvalue weighted by atomic mass is 9.91. The first-order valence-electron chi connectivity index (χ1n) is 6.29. The van der Waals surface area contributed by atoms with E-state index in [4.69, 9.17) is 5.73 Å².